The molecule has 0 aliphatic carbocycles. The highest BCUT2D eigenvalue weighted by molar-refractivity contribution is 5.93. The van der Waals surface area contributed by atoms with Crippen LogP contribution in [0.3, 0.4) is 0 Å². The highest BCUT2D eigenvalue weighted by Crippen LogP contribution is 2.26. The first kappa shape index (κ1) is 9.25. The minimum absolute atomic E-state index is 0.0123. The van der Waals surface area contributed by atoms with Gasteiger partial charge in [-0.1, -0.05) is 5.16 Å². The molecule has 0 atom stereocenters. The van der Waals surface area contributed by atoms with Crippen LogP contribution in [-0.4, -0.2) is 28.5 Å². The largest absolute Gasteiger partial charge is 0.479 e. The molecule has 15 heavy (non-hydrogen) atoms. The molecule has 0 spiro atoms. The summed E-state index contributed by atoms with van der Waals surface area (Å²) in [6.45, 7) is 0. The first-order valence-corrected chi connectivity index (χ1v) is 3.91. The molecule has 78 valence electrons. The number of rotatable bonds is 3. The van der Waals surface area contributed by atoms with E-state index in [1.807, 2.05) is 0 Å². The van der Waals surface area contributed by atoms with Crippen LogP contribution in [0.5, 0.6) is 5.88 Å². The molecule has 7 heteroatoms. The second-order valence-electron chi connectivity index (χ2n) is 2.61. The lowest BCUT2D eigenvalue weighted by Gasteiger charge is -1.88. The van der Waals surface area contributed by atoms with Crippen LogP contribution in [0, 0.1) is 0 Å². The normalized spacial score (nSPS) is 10.2. The van der Waals surface area contributed by atoms with Gasteiger partial charge in [-0.15, -0.1) is 0 Å². The molecule has 2 aromatic heterocycles. The molecule has 1 N–H and O–H groups in total. The second-order valence-corrected chi connectivity index (χ2v) is 2.61. The van der Waals surface area contributed by atoms with Crippen LogP contribution in [0.2, 0.25) is 0 Å². The SMILES string of the molecule is COc1cc(-c2oncc2C(=O)O)on1. The van der Waals surface area contributed by atoms with Crippen LogP contribution in [0.25, 0.3) is 11.5 Å². The van der Waals surface area contributed by atoms with Gasteiger partial charge in [-0.3, -0.25) is 0 Å². The Balaban J connectivity index is 2.44. The van der Waals surface area contributed by atoms with Gasteiger partial charge in [0, 0.05) is 0 Å². The average molecular weight is 210 g/mol. The summed E-state index contributed by atoms with van der Waals surface area (Å²) in [6.07, 6.45) is 1.09. The fraction of sp³-hybridized carbons (Fsp3) is 0.125. The number of ether oxygens (including phenoxy) is 1. The third-order valence-corrected chi connectivity index (χ3v) is 1.72. The monoisotopic (exact) mass is 210 g/mol. The van der Waals surface area contributed by atoms with Crippen LogP contribution in [0.4, 0.5) is 0 Å². The molecule has 0 saturated carbocycles. The van der Waals surface area contributed by atoms with Crippen molar-refractivity contribution < 1.29 is 23.7 Å². The summed E-state index contributed by atoms with van der Waals surface area (Å²) in [4.78, 5) is 10.7. The third-order valence-electron chi connectivity index (χ3n) is 1.72. The van der Waals surface area contributed by atoms with Crippen molar-refractivity contribution in [2.75, 3.05) is 7.11 Å². The van der Waals surface area contributed by atoms with Gasteiger partial charge in [0.05, 0.1) is 19.4 Å². The van der Waals surface area contributed by atoms with Crippen molar-refractivity contribution in [1.82, 2.24) is 10.3 Å². The van der Waals surface area contributed by atoms with Crippen LogP contribution in [0.15, 0.2) is 21.3 Å². The molecule has 0 aliphatic heterocycles. The molecule has 7 nitrogen and oxygen atoms in total. The first-order valence-electron chi connectivity index (χ1n) is 3.91. The Labute approximate surface area is 83.2 Å². The Kier molecular flexibility index (Phi) is 2.13. The maximum atomic E-state index is 10.7. The number of hydrogen-bond acceptors (Lipinski definition) is 6. The molecule has 0 unspecified atom stereocenters. The van der Waals surface area contributed by atoms with E-state index in [0.29, 0.717) is 0 Å². The van der Waals surface area contributed by atoms with Gasteiger partial charge in [-0.25, -0.2) is 4.79 Å². The van der Waals surface area contributed by atoms with E-state index < -0.39 is 5.97 Å². The van der Waals surface area contributed by atoms with Gasteiger partial charge in [0.2, 0.25) is 11.5 Å². The summed E-state index contributed by atoms with van der Waals surface area (Å²) in [5.41, 5.74) is -0.0891. The number of aromatic nitrogens is 2. The van der Waals surface area contributed by atoms with E-state index in [4.69, 9.17) is 18.9 Å². The van der Waals surface area contributed by atoms with Crippen molar-refractivity contribution in [1.29, 1.82) is 0 Å². The molecule has 0 aliphatic rings. The summed E-state index contributed by atoms with van der Waals surface area (Å²) in [5, 5.41) is 15.7. The second kappa shape index (κ2) is 3.45. The molecule has 0 aromatic carbocycles. The molecule has 0 amide bonds. The zero-order valence-corrected chi connectivity index (χ0v) is 7.63. The van der Waals surface area contributed by atoms with Crippen LogP contribution in [-0.2, 0) is 0 Å². The lowest BCUT2D eigenvalue weighted by Crippen LogP contribution is -1.95. The maximum Gasteiger partial charge on any atom is 0.341 e. The maximum absolute atomic E-state index is 10.7. The van der Waals surface area contributed by atoms with Gasteiger partial charge >= 0.3 is 5.97 Å². The minimum Gasteiger partial charge on any atom is -0.479 e. The Bertz CT molecular complexity index is 487. The molecule has 2 heterocycles. The Morgan fingerprint density at radius 3 is 2.93 bits per heavy atom. The van der Waals surface area contributed by atoms with Crippen LogP contribution < -0.4 is 4.74 Å². The fourth-order valence-corrected chi connectivity index (χ4v) is 1.03. The van der Waals surface area contributed by atoms with Gasteiger partial charge < -0.3 is 18.9 Å². The highest BCUT2D eigenvalue weighted by Gasteiger charge is 2.20. The highest BCUT2D eigenvalue weighted by atomic mass is 16.5. The standard InChI is InChI=1S/C8H6N2O5/c1-13-6-2-5(14-10-6)7-4(8(11)12)3-9-15-7/h2-3H,1H3,(H,11,12). The summed E-state index contributed by atoms with van der Waals surface area (Å²) >= 11 is 0. The minimum atomic E-state index is -1.15. The Morgan fingerprint density at radius 2 is 2.33 bits per heavy atom. The van der Waals surface area contributed by atoms with E-state index in [0.717, 1.165) is 6.20 Å². The molecular weight excluding hydrogens is 204 g/mol. The predicted molar refractivity (Wildman–Crippen MR) is 45.5 cm³/mol. The lowest BCUT2D eigenvalue weighted by atomic mass is 10.2. The number of carbonyl (C=O) groups is 1. The van der Waals surface area contributed by atoms with Crippen LogP contribution >= 0.6 is 0 Å². The molecule has 2 rings (SSSR count). The van der Waals surface area contributed by atoms with Crippen molar-refractivity contribution in [3.05, 3.63) is 17.8 Å². The zero-order chi connectivity index (χ0) is 10.8. The summed E-state index contributed by atoms with van der Waals surface area (Å²) < 4.78 is 14.3. The Hall–Kier alpha value is -2.31. The quantitative estimate of drug-likeness (QED) is 0.807. The molecule has 0 fully saturated rings. The molecule has 2 aromatic rings. The van der Waals surface area contributed by atoms with E-state index in [-0.39, 0.29) is 23.0 Å². The van der Waals surface area contributed by atoms with Crippen molar-refractivity contribution in [2.45, 2.75) is 0 Å². The molecule has 0 radical (unpaired) electrons. The number of aromatic carboxylic acids is 1. The van der Waals surface area contributed by atoms with Gasteiger partial charge in [0.1, 0.15) is 5.56 Å². The van der Waals surface area contributed by atoms with Gasteiger partial charge in [-0.2, -0.15) is 0 Å². The zero-order valence-electron chi connectivity index (χ0n) is 7.63. The number of methoxy groups -OCH3 is 1. The number of carboxylic acid groups (broad SMARTS) is 1. The molecular formula is C8H6N2O5. The third kappa shape index (κ3) is 1.54. The van der Waals surface area contributed by atoms with Gasteiger partial charge in [0.15, 0.2) is 0 Å². The van der Waals surface area contributed by atoms with E-state index in [1.165, 1.54) is 13.2 Å². The molecule has 0 saturated heterocycles. The van der Waals surface area contributed by atoms with E-state index >= 15 is 0 Å². The first-order chi connectivity index (χ1) is 7.22. The average Bonchev–Trinajstić information content (AvgIpc) is 2.85. The van der Waals surface area contributed by atoms with Crippen molar-refractivity contribution in [3.63, 3.8) is 0 Å². The topological polar surface area (TPSA) is 98.6 Å². The summed E-state index contributed by atoms with van der Waals surface area (Å²) in [6, 6.07) is 1.41. The predicted octanol–water partition coefficient (Wildman–Crippen LogP) is 1.04. The summed E-state index contributed by atoms with van der Waals surface area (Å²) in [5.74, 6) is -0.751. The fourth-order valence-electron chi connectivity index (χ4n) is 1.03. The van der Waals surface area contributed by atoms with Crippen molar-refractivity contribution >= 4 is 5.97 Å². The molecule has 0 bridgehead atoms. The smallest absolute Gasteiger partial charge is 0.341 e. The van der Waals surface area contributed by atoms with Gasteiger partial charge in [0.25, 0.3) is 5.88 Å². The van der Waals surface area contributed by atoms with E-state index in [1.54, 1.807) is 0 Å². The van der Waals surface area contributed by atoms with E-state index in [2.05, 4.69) is 10.3 Å². The summed E-state index contributed by atoms with van der Waals surface area (Å²) in [7, 11) is 1.42. The number of hydrogen-bond donors (Lipinski definition) is 1. The lowest BCUT2D eigenvalue weighted by molar-refractivity contribution is 0.0697. The number of nitrogens with zero attached hydrogens (tertiary/aromatic N) is 2. The van der Waals surface area contributed by atoms with E-state index in [9.17, 15) is 4.79 Å². The Morgan fingerprint density at radius 1 is 1.53 bits per heavy atom. The van der Waals surface area contributed by atoms with Crippen LogP contribution in [0.1, 0.15) is 10.4 Å². The van der Waals surface area contributed by atoms with Gasteiger partial charge in [-0.05, 0) is 5.16 Å². The van der Waals surface area contributed by atoms with Crippen molar-refractivity contribution in [2.24, 2.45) is 0 Å². The van der Waals surface area contributed by atoms with Crippen molar-refractivity contribution in [3.8, 4) is 17.4 Å². The number of carboxylic acids is 1.